The van der Waals surface area contributed by atoms with Crippen molar-refractivity contribution in [1.29, 1.82) is 0 Å². The van der Waals surface area contributed by atoms with Crippen LogP contribution in [0.1, 0.15) is 33.9 Å². The fourth-order valence-electron chi connectivity index (χ4n) is 3.88. The third-order valence-corrected chi connectivity index (χ3v) is 5.83. The van der Waals surface area contributed by atoms with Crippen LogP contribution in [0.15, 0.2) is 53.3 Å². The molecular weight excluding hydrogens is 416 g/mol. The van der Waals surface area contributed by atoms with E-state index in [2.05, 4.69) is 10.1 Å². The van der Waals surface area contributed by atoms with Crippen molar-refractivity contribution < 1.29 is 9.90 Å². The Morgan fingerprint density at radius 2 is 1.97 bits per heavy atom. The standard InChI is InChI=1S/C23H17ClN4O3/c1-13-18(20(24)28(26-13)16-5-3-2-4-6-16)11-14-9-10-27-21(14)25-19-12-15(23(30)31)7-8-17(19)22(27)29/h2-8,11-12H,9-10H2,1H3,(H,30,31)/b14-11-. The number of aromatic nitrogens is 4. The molecule has 0 unspecified atom stereocenters. The van der Waals surface area contributed by atoms with Crippen molar-refractivity contribution in [2.45, 2.75) is 19.9 Å². The fraction of sp³-hybridized carbons (Fsp3) is 0.130. The average molecular weight is 433 g/mol. The van der Waals surface area contributed by atoms with E-state index in [-0.39, 0.29) is 11.1 Å². The number of nitrogens with zero attached hydrogens (tertiary/aromatic N) is 4. The van der Waals surface area contributed by atoms with Gasteiger partial charge in [-0.1, -0.05) is 29.8 Å². The van der Waals surface area contributed by atoms with E-state index in [4.69, 9.17) is 11.6 Å². The second-order valence-electron chi connectivity index (χ2n) is 7.39. The number of benzene rings is 2. The average Bonchev–Trinajstić information content (AvgIpc) is 3.30. The quantitative estimate of drug-likeness (QED) is 0.524. The zero-order valence-electron chi connectivity index (χ0n) is 16.5. The molecule has 1 N–H and O–H groups in total. The van der Waals surface area contributed by atoms with Gasteiger partial charge in [0, 0.05) is 12.1 Å². The Hall–Kier alpha value is -3.71. The fourth-order valence-corrected chi connectivity index (χ4v) is 4.20. The topological polar surface area (TPSA) is 90.0 Å². The van der Waals surface area contributed by atoms with Crippen molar-refractivity contribution in [2.75, 3.05) is 0 Å². The minimum Gasteiger partial charge on any atom is -0.478 e. The van der Waals surface area contributed by atoms with E-state index >= 15 is 0 Å². The lowest BCUT2D eigenvalue weighted by Crippen LogP contribution is -2.21. The Kier molecular flexibility index (Phi) is 4.48. The molecule has 3 heterocycles. The van der Waals surface area contributed by atoms with Gasteiger partial charge in [-0.3, -0.25) is 9.36 Å². The number of hydrogen-bond acceptors (Lipinski definition) is 4. The van der Waals surface area contributed by atoms with Crippen LogP contribution >= 0.6 is 11.6 Å². The normalized spacial score (nSPS) is 14.3. The van der Waals surface area contributed by atoms with E-state index in [1.165, 1.54) is 18.2 Å². The minimum absolute atomic E-state index is 0.0934. The van der Waals surface area contributed by atoms with Crippen molar-refractivity contribution in [2.24, 2.45) is 0 Å². The third-order valence-electron chi connectivity index (χ3n) is 5.46. The van der Waals surface area contributed by atoms with Gasteiger partial charge in [0.05, 0.1) is 27.8 Å². The number of rotatable bonds is 3. The number of aryl methyl sites for hydroxylation is 1. The molecule has 2 aromatic carbocycles. The summed E-state index contributed by atoms with van der Waals surface area (Å²) >= 11 is 6.65. The van der Waals surface area contributed by atoms with Crippen LogP contribution in [0.4, 0.5) is 0 Å². The molecule has 4 aromatic rings. The van der Waals surface area contributed by atoms with Crippen LogP contribution in [0.3, 0.4) is 0 Å². The summed E-state index contributed by atoms with van der Waals surface area (Å²) in [5.41, 5.74) is 3.52. The summed E-state index contributed by atoms with van der Waals surface area (Å²) in [5.74, 6) is -0.529. The number of carbonyl (C=O) groups is 1. The number of halogens is 1. The molecule has 0 amide bonds. The molecule has 0 atom stereocenters. The van der Waals surface area contributed by atoms with Crippen LogP contribution in [0.25, 0.3) is 28.2 Å². The van der Waals surface area contributed by atoms with Crippen molar-refractivity contribution >= 4 is 40.1 Å². The van der Waals surface area contributed by atoms with Gasteiger partial charge in [0.25, 0.3) is 5.56 Å². The van der Waals surface area contributed by atoms with Crippen molar-refractivity contribution in [1.82, 2.24) is 19.3 Å². The molecule has 1 aliphatic rings. The van der Waals surface area contributed by atoms with Gasteiger partial charge in [0.15, 0.2) is 0 Å². The number of para-hydroxylation sites is 1. The van der Waals surface area contributed by atoms with Crippen molar-refractivity contribution in [3.63, 3.8) is 0 Å². The molecule has 154 valence electrons. The third kappa shape index (κ3) is 3.14. The lowest BCUT2D eigenvalue weighted by atomic mass is 10.1. The van der Waals surface area contributed by atoms with E-state index in [1.54, 1.807) is 9.25 Å². The van der Waals surface area contributed by atoms with Gasteiger partial charge in [-0.2, -0.15) is 5.10 Å². The molecule has 1 aliphatic heterocycles. The highest BCUT2D eigenvalue weighted by atomic mass is 35.5. The molecule has 7 nitrogen and oxygen atoms in total. The molecule has 5 rings (SSSR count). The number of carboxylic acids is 1. The maximum Gasteiger partial charge on any atom is 0.335 e. The summed E-state index contributed by atoms with van der Waals surface area (Å²) < 4.78 is 3.30. The predicted octanol–water partition coefficient (Wildman–Crippen LogP) is 4.19. The zero-order valence-corrected chi connectivity index (χ0v) is 17.3. The van der Waals surface area contributed by atoms with Crippen LogP contribution in [-0.2, 0) is 6.54 Å². The highest BCUT2D eigenvalue weighted by Crippen LogP contribution is 2.32. The number of hydrogen-bond donors (Lipinski definition) is 1. The molecule has 0 saturated carbocycles. The number of aromatic carboxylic acids is 1. The van der Waals surface area contributed by atoms with Crippen LogP contribution in [0.2, 0.25) is 5.15 Å². The van der Waals surface area contributed by atoms with Gasteiger partial charge >= 0.3 is 5.97 Å². The van der Waals surface area contributed by atoms with E-state index in [0.29, 0.717) is 34.8 Å². The van der Waals surface area contributed by atoms with Gasteiger partial charge in [-0.15, -0.1) is 0 Å². The predicted molar refractivity (Wildman–Crippen MR) is 119 cm³/mol. The van der Waals surface area contributed by atoms with Gasteiger partial charge in [-0.25, -0.2) is 14.5 Å². The molecule has 0 aliphatic carbocycles. The summed E-state index contributed by atoms with van der Waals surface area (Å²) in [5, 5.41) is 14.7. The maximum absolute atomic E-state index is 12.9. The summed E-state index contributed by atoms with van der Waals surface area (Å²) in [7, 11) is 0. The summed E-state index contributed by atoms with van der Waals surface area (Å²) in [6, 6.07) is 14.0. The molecule has 0 saturated heterocycles. The van der Waals surface area contributed by atoms with Crippen LogP contribution in [0, 0.1) is 6.92 Å². The minimum atomic E-state index is -1.06. The molecule has 2 aromatic heterocycles. The van der Waals surface area contributed by atoms with Crippen molar-refractivity contribution in [3.05, 3.63) is 86.7 Å². The van der Waals surface area contributed by atoms with Gasteiger partial charge in [0.1, 0.15) is 11.0 Å². The molecule has 0 fully saturated rings. The van der Waals surface area contributed by atoms with Gasteiger partial charge in [-0.05, 0) is 55.3 Å². The van der Waals surface area contributed by atoms with E-state index in [0.717, 1.165) is 22.5 Å². The highest BCUT2D eigenvalue weighted by molar-refractivity contribution is 6.31. The maximum atomic E-state index is 12.9. The van der Waals surface area contributed by atoms with Gasteiger partial charge in [0.2, 0.25) is 0 Å². The molecule has 31 heavy (non-hydrogen) atoms. The first-order valence-corrected chi connectivity index (χ1v) is 10.1. The smallest absolute Gasteiger partial charge is 0.335 e. The van der Waals surface area contributed by atoms with E-state index in [9.17, 15) is 14.7 Å². The number of carboxylic acid groups (broad SMARTS) is 1. The molecular formula is C23H17ClN4O3. The lowest BCUT2D eigenvalue weighted by Gasteiger charge is -2.06. The lowest BCUT2D eigenvalue weighted by molar-refractivity contribution is 0.0697. The Morgan fingerprint density at radius 1 is 1.19 bits per heavy atom. The van der Waals surface area contributed by atoms with Crippen LogP contribution in [0.5, 0.6) is 0 Å². The van der Waals surface area contributed by atoms with Gasteiger partial charge < -0.3 is 5.11 Å². The monoisotopic (exact) mass is 432 g/mol. The van der Waals surface area contributed by atoms with E-state index in [1.807, 2.05) is 43.3 Å². The Labute approximate surface area is 181 Å². The van der Waals surface area contributed by atoms with E-state index < -0.39 is 5.97 Å². The summed E-state index contributed by atoms with van der Waals surface area (Å²) in [6.45, 7) is 2.39. The SMILES string of the molecule is Cc1nn(-c2ccccc2)c(Cl)c1/C=C1/CCn2c1nc1cc(C(=O)O)ccc1c2=O. The Morgan fingerprint density at radius 3 is 2.71 bits per heavy atom. The highest BCUT2D eigenvalue weighted by Gasteiger charge is 2.23. The first kappa shape index (κ1) is 19.3. The first-order valence-electron chi connectivity index (χ1n) is 9.73. The Bertz CT molecular complexity index is 1450. The van der Waals surface area contributed by atoms with Crippen molar-refractivity contribution in [3.8, 4) is 5.69 Å². The second-order valence-corrected chi connectivity index (χ2v) is 7.74. The Balaban J connectivity index is 1.65. The number of allylic oxidation sites excluding steroid dienone is 1. The summed E-state index contributed by atoms with van der Waals surface area (Å²) in [6.07, 6.45) is 2.54. The first-order chi connectivity index (χ1) is 14.9. The van der Waals surface area contributed by atoms with Crippen LogP contribution in [-0.4, -0.2) is 30.4 Å². The second kappa shape index (κ2) is 7.21. The zero-order chi connectivity index (χ0) is 21.7. The summed E-state index contributed by atoms with van der Waals surface area (Å²) in [4.78, 5) is 28.9. The number of fused-ring (bicyclic) bond motifs is 2. The van der Waals surface area contributed by atoms with Crippen LogP contribution < -0.4 is 5.56 Å². The molecule has 0 radical (unpaired) electrons. The molecule has 8 heteroatoms. The molecule has 0 spiro atoms. The largest absolute Gasteiger partial charge is 0.478 e. The molecule has 0 bridgehead atoms.